The first kappa shape index (κ1) is 46.6. The van der Waals surface area contributed by atoms with Gasteiger partial charge in [-0.2, -0.15) is 0 Å². The van der Waals surface area contributed by atoms with Crippen LogP contribution in [-0.4, -0.2) is 251 Å². The Kier molecular flexibility index (Phi) is 16.0. The number of hydrogen-bond acceptors (Lipinski definition) is 24. The van der Waals surface area contributed by atoms with Crippen LogP contribution in [0, 0.1) is 0 Å². The summed E-state index contributed by atoms with van der Waals surface area (Å²) in [6.07, 6.45) is -42.5. The van der Waals surface area contributed by atoms with Gasteiger partial charge in [0, 0.05) is 6.92 Å². The van der Waals surface area contributed by atoms with E-state index >= 15 is 0 Å². The van der Waals surface area contributed by atoms with Crippen LogP contribution < -0.4 is 5.32 Å². The van der Waals surface area contributed by atoms with Crippen LogP contribution in [0.3, 0.4) is 0 Å². The van der Waals surface area contributed by atoms with E-state index < -0.39 is 179 Å². The molecule has 0 aliphatic carbocycles. The highest BCUT2D eigenvalue weighted by atomic mass is 16.8. The van der Waals surface area contributed by atoms with Crippen molar-refractivity contribution in [2.75, 3.05) is 19.8 Å². The molecule has 5 fully saturated rings. The molecule has 0 aromatic rings. The molecule has 1 unspecified atom stereocenters. The molecule has 5 aliphatic heterocycles. The second-order valence-electron chi connectivity index (χ2n) is 14.7. The van der Waals surface area contributed by atoms with Crippen molar-refractivity contribution in [3.05, 3.63) is 0 Å². The summed E-state index contributed by atoms with van der Waals surface area (Å²) in [5.41, 5.74) is 0. The molecule has 332 valence electrons. The lowest BCUT2D eigenvalue weighted by molar-refractivity contribution is -0.405. The number of nitrogens with one attached hydrogen (secondary N) is 1. The number of ether oxygens (including phenoxy) is 9. The predicted molar refractivity (Wildman–Crippen MR) is 175 cm³/mol. The van der Waals surface area contributed by atoms with Crippen molar-refractivity contribution in [1.82, 2.24) is 5.32 Å². The van der Waals surface area contributed by atoms with E-state index in [-0.39, 0.29) is 0 Å². The summed E-state index contributed by atoms with van der Waals surface area (Å²) in [6, 6.07) is -1.56. The Balaban J connectivity index is 1.48. The van der Waals surface area contributed by atoms with E-state index in [1.165, 1.54) is 13.8 Å². The first-order chi connectivity index (χ1) is 26.8. The van der Waals surface area contributed by atoms with Crippen LogP contribution in [0.25, 0.3) is 0 Å². The minimum Gasteiger partial charge on any atom is -0.394 e. The molecule has 25 atom stereocenters. The molecular weight excluding hydrogens is 782 g/mol. The molecule has 0 aromatic heterocycles. The zero-order chi connectivity index (χ0) is 42.2. The van der Waals surface area contributed by atoms with Gasteiger partial charge in [-0.05, 0) is 13.8 Å². The molecule has 0 radical (unpaired) electrons. The summed E-state index contributed by atoms with van der Waals surface area (Å²) in [6.45, 7) is 0.967. The van der Waals surface area contributed by atoms with Crippen LogP contribution >= 0.6 is 0 Å². The maximum absolute atomic E-state index is 12.1. The Morgan fingerprint density at radius 1 is 0.456 bits per heavy atom. The van der Waals surface area contributed by atoms with E-state index in [1.54, 1.807) is 0 Å². The van der Waals surface area contributed by atoms with Crippen LogP contribution in [0.4, 0.5) is 0 Å². The van der Waals surface area contributed by atoms with Gasteiger partial charge in [0.15, 0.2) is 31.5 Å². The van der Waals surface area contributed by atoms with Gasteiger partial charge in [-0.15, -0.1) is 0 Å². The van der Waals surface area contributed by atoms with Gasteiger partial charge >= 0.3 is 0 Å². The van der Waals surface area contributed by atoms with Crippen molar-refractivity contribution in [2.24, 2.45) is 0 Å². The van der Waals surface area contributed by atoms with Crippen LogP contribution in [0.15, 0.2) is 0 Å². The van der Waals surface area contributed by atoms with Crippen LogP contribution in [0.2, 0.25) is 0 Å². The Bertz CT molecular complexity index is 1290. The molecule has 25 nitrogen and oxygen atoms in total. The molecule has 0 bridgehead atoms. The van der Waals surface area contributed by atoms with E-state index in [9.17, 15) is 76.3 Å². The fraction of sp³-hybridized carbons (Fsp3) is 0.969. The van der Waals surface area contributed by atoms with Crippen LogP contribution in [0.5, 0.6) is 0 Å². The zero-order valence-electron chi connectivity index (χ0n) is 30.9. The van der Waals surface area contributed by atoms with E-state index in [2.05, 4.69) is 5.32 Å². The SMILES string of the molecule is CC(=O)N[C@H]1C(O)O[C@H](CO)[C@H](O)[C@@H]1O[C@@H]1O[C@H](CO)[C@H](O[C@@H]2O[C@H](CO)[C@H](O)[C@H](O)[C@H]2O[C@@H]2O[C@@H](C)[C@@H](O)[C@@H](O)[C@@H]2O)[C@H](O)[C@H]1O[C@@H]1O[C@@H](C)[C@@H](O)[C@@H](O)[C@@H]1O. The molecule has 5 heterocycles. The summed E-state index contributed by atoms with van der Waals surface area (Å²) in [7, 11) is 0. The van der Waals surface area contributed by atoms with Gasteiger partial charge in [-0.3, -0.25) is 4.79 Å². The smallest absolute Gasteiger partial charge is 0.217 e. The Morgan fingerprint density at radius 3 is 1.35 bits per heavy atom. The van der Waals surface area contributed by atoms with E-state index in [1.807, 2.05) is 0 Å². The molecule has 1 amide bonds. The predicted octanol–water partition coefficient (Wildman–Crippen LogP) is -9.73. The highest BCUT2D eigenvalue weighted by Crippen LogP contribution is 2.37. The minimum atomic E-state index is -2.12. The van der Waals surface area contributed by atoms with Crippen LogP contribution in [-0.2, 0) is 47.4 Å². The summed E-state index contributed by atoms with van der Waals surface area (Å²) in [5, 5.41) is 151. The molecule has 0 aromatic carbocycles. The van der Waals surface area contributed by atoms with Crippen molar-refractivity contribution in [3.8, 4) is 0 Å². The summed E-state index contributed by atoms with van der Waals surface area (Å²) in [5.74, 6) is -0.728. The monoisotopic (exact) mass is 837 g/mol. The highest BCUT2D eigenvalue weighted by molar-refractivity contribution is 5.73. The van der Waals surface area contributed by atoms with Crippen molar-refractivity contribution in [3.63, 3.8) is 0 Å². The van der Waals surface area contributed by atoms with Gasteiger partial charge < -0.3 is 119 Å². The molecule has 5 saturated heterocycles. The third-order valence-corrected chi connectivity index (χ3v) is 10.6. The largest absolute Gasteiger partial charge is 0.394 e. The molecule has 5 aliphatic rings. The number of aliphatic hydroxyl groups is 14. The second kappa shape index (κ2) is 19.5. The molecular formula is C32H55NO24. The third-order valence-electron chi connectivity index (χ3n) is 10.6. The van der Waals surface area contributed by atoms with Gasteiger partial charge in [0.2, 0.25) is 5.91 Å². The average Bonchev–Trinajstić information content (AvgIpc) is 3.17. The average molecular weight is 838 g/mol. The summed E-state index contributed by atoms with van der Waals surface area (Å²) in [4.78, 5) is 12.1. The van der Waals surface area contributed by atoms with Crippen molar-refractivity contribution < 1.29 is 119 Å². The second-order valence-corrected chi connectivity index (χ2v) is 14.7. The van der Waals surface area contributed by atoms with E-state index in [0.29, 0.717) is 0 Å². The van der Waals surface area contributed by atoms with Gasteiger partial charge in [0.05, 0.1) is 32.0 Å². The van der Waals surface area contributed by atoms with E-state index in [0.717, 1.165) is 6.92 Å². The molecule has 25 heteroatoms. The van der Waals surface area contributed by atoms with Gasteiger partial charge in [-0.25, -0.2) is 0 Å². The minimum absolute atomic E-state index is 0.728. The van der Waals surface area contributed by atoms with Crippen molar-refractivity contribution in [1.29, 1.82) is 0 Å². The van der Waals surface area contributed by atoms with Crippen LogP contribution in [0.1, 0.15) is 20.8 Å². The Labute approximate surface area is 324 Å². The first-order valence-electron chi connectivity index (χ1n) is 18.3. The molecule has 0 saturated carbocycles. The lowest BCUT2D eigenvalue weighted by Gasteiger charge is -2.51. The fourth-order valence-electron chi connectivity index (χ4n) is 7.28. The summed E-state index contributed by atoms with van der Waals surface area (Å²) < 4.78 is 51.5. The highest BCUT2D eigenvalue weighted by Gasteiger charge is 2.57. The molecule has 5 rings (SSSR count). The van der Waals surface area contributed by atoms with Gasteiger partial charge in [0.25, 0.3) is 0 Å². The lowest BCUT2D eigenvalue weighted by Crippen LogP contribution is -2.70. The quantitative estimate of drug-likeness (QED) is 0.0867. The maximum Gasteiger partial charge on any atom is 0.217 e. The fourth-order valence-corrected chi connectivity index (χ4v) is 7.28. The van der Waals surface area contributed by atoms with E-state index in [4.69, 9.17) is 42.6 Å². The van der Waals surface area contributed by atoms with Crippen molar-refractivity contribution >= 4 is 5.91 Å². The lowest BCUT2D eigenvalue weighted by atomic mass is 9.94. The number of rotatable bonds is 12. The molecule has 57 heavy (non-hydrogen) atoms. The number of carbonyl (C=O) groups is 1. The number of carbonyl (C=O) groups excluding carboxylic acids is 1. The van der Waals surface area contributed by atoms with Gasteiger partial charge in [0.1, 0.15) is 110 Å². The topological polar surface area (TPSA) is 395 Å². The Morgan fingerprint density at radius 2 is 0.877 bits per heavy atom. The number of hydrogen-bond donors (Lipinski definition) is 15. The maximum atomic E-state index is 12.1. The standard InChI is InChI=1S/C32H55NO24/c1-7-14(38)18(42)21(45)29(49-7)56-26-20(44)16(40)10(4-34)52-31(26)54-24-12(6-36)53-32(27(23(24)47)57-30-22(46)19(43)15(39)8(2)50-30)55-25-13(33-9(3)37)28(48)51-11(5-35)17(25)41/h7-8,10-32,34-36,38-48H,4-6H2,1-3H3,(H,33,37)/t7-,8-,10+,11+,12+,13+,14+,15+,16-,17-,18+,19+,20-,21-,22-,23-,24-,25+,26+,27+,28?,29-,30-,31-,32-/m0/s1. The zero-order valence-corrected chi connectivity index (χ0v) is 30.9. The number of aliphatic hydroxyl groups excluding tert-OH is 14. The van der Waals surface area contributed by atoms with Gasteiger partial charge in [-0.1, -0.05) is 0 Å². The summed E-state index contributed by atoms with van der Waals surface area (Å²) >= 11 is 0. The molecule has 0 spiro atoms. The normalized spacial score (nSPS) is 52.3. The first-order valence-corrected chi connectivity index (χ1v) is 18.3. The van der Waals surface area contributed by atoms with Crippen molar-refractivity contribution in [2.45, 2.75) is 174 Å². The molecule has 15 N–H and O–H groups in total. The Hall–Kier alpha value is -1.45. The third kappa shape index (κ3) is 9.71. The number of amides is 1.